The van der Waals surface area contributed by atoms with E-state index in [1.165, 1.54) is 11.1 Å². The van der Waals surface area contributed by atoms with Crippen molar-refractivity contribution in [1.82, 2.24) is 14.6 Å². The zero-order valence-electron chi connectivity index (χ0n) is 10.5. The maximum atomic E-state index is 5.99. The van der Waals surface area contributed by atoms with E-state index in [1.54, 1.807) is 16.8 Å². The molecule has 0 atom stereocenters. The van der Waals surface area contributed by atoms with Crippen molar-refractivity contribution in [1.29, 1.82) is 0 Å². The molecular formula is C14H13ClN4. The lowest BCUT2D eigenvalue weighted by atomic mass is 10.1. The lowest BCUT2D eigenvalue weighted by Crippen LogP contribution is -2.06. The second kappa shape index (κ2) is 4.90. The Bertz CT molecular complexity index is 703. The van der Waals surface area contributed by atoms with E-state index >= 15 is 0 Å². The molecule has 0 fully saturated rings. The minimum Gasteiger partial charge on any atom is -0.366 e. The fourth-order valence-electron chi connectivity index (χ4n) is 1.91. The Hall–Kier alpha value is -2.07. The molecule has 19 heavy (non-hydrogen) atoms. The highest BCUT2D eigenvalue weighted by atomic mass is 35.5. The molecule has 0 saturated heterocycles. The summed E-state index contributed by atoms with van der Waals surface area (Å²) in [5.41, 5.74) is 3.20. The Morgan fingerprint density at radius 2 is 2.00 bits per heavy atom. The first-order chi connectivity index (χ1) is 9.22. The van der Waals surface area contributed by atoms with E-state index in [4.69, 9.17) is 11.6 Å². The maximum absolute atomic E-state index is 5.99. The van der Waals surface area contributed by atoms with Gasteiger partial charge in [0, 0.05) is 18.7 Å². The molecule has 1 aromatic carbocycles. The van der Waals surface area contributed by atoms with Crippen LogP contribution in [0.4, 0.5) is 5.82 Å². The van der Waals surface area contributed by atoms with Gasteiger partial charge in [0.2, 0.25) is 0 Å². The van der Waals surface area contributed by atoms with Crippen LogP contribution in [0.5, 0.6) is 0 Å². The number of nitrogens with one attached hydrogen (secondary N) is 1. The summed E-state index contributed by atoms with van der Waals surface area (Å²) in [6.45, 7) is 2.79. The predicted molar refractivity (Wildman–Crippen MR) is 76.5 cm³/mol. The van der Waals surface area contributed by atoms with Crippen LogP contribution in [-0.4, -0.2) is 14.6 Å². The molecule has 4 nitrogen and oxygen atoms in total. The van der Waals surface area contributed by atoms with E-state index in [1.807, 2.05) is 6.07 Å². The SMILES string of the molecule is Cc1ccc(CNc2cc(Cl)nc3ccnn23)cc1. The number of fused-ring (bicyclic) bond motifs is 1. The molecule has 2 heterocycles. The zero-order chi connectivity index (χ0) is 13.2. The topological polar surface area (TPSA) is 42.2 Å². The molecule has 0 saturated carbocycles. The third-order valence-electron chi connectivity index (χ3n) is 2.92. The van der Waals surface area contributed by atoms with E-state index in [0.29, 0.717) is 5.15 Å². The number of benzene rings is 1. The van der Waals surface area contributed by atoms with E-state index in [2.05, 4.69) is 46.6 Å². The summed E-state index contributed by atoms with van der Waals surface area (Å²) in [6, 6.07) is 12.0. The minimum atomic E-state index is 0.458. The van der Waals surface area contributed by atoms with Gasteiger partial charge in [0.15, 0.2) is 5.65 Å². The molecular weight excluding hydrogens is 260 g/mol. The summed E-state index contributed by atoms with van der Waals surface area (Å²) in [7, 11) is 0. The maximum Gasteiger partial charge on any atom is 0.159 e. The Labute approximate surface area is 116 Å². The van der Waals surface area contributed by atoms with Crippen LogP contribution < -0.4 is 5.32 Å². The standard InChI is InChI=1S/C14H13ClN4/c1-10-2-4-11(5-3-10)9-16-14-8-12(15)18-13-6-7-17-19(13)14/h2-8,16H,9H2,1H3. The van der Waals surface area contributed by atoms with Gasteiger partial charge in [-0.2, -0.15) is 9.61 Å². The molecule has 3 rings (SSSR count). The number of anilines is 1. The lowest BCUT2D eigenvalue weighted by molar-refractivity contribution is 0.925. The van der Waals surface area contributed by atoms with Gasteiger partial charge in [-0.25, -0.2) is 4.98 Å². The van der Waals surface area contributed by atoms with Crippen molar-refractivity contribution in [2.24, 2.45) is 0 Å². The summed E-state index contributed by atoms with van der Waals surface area (Å²) < 4.78 is 1.74. The van der Waals surface area contributed by atoms with Crippen molar-refractivity contribution in [2.75, 3.05) is 5.32 Å². The molecule has 0 spiro atoms. The fraction of sp³-hybridized carbons (Fsp3) is 0.143. The van der Waals surface area contributed by atoms with E-state index in [-0.39, 0.29) is 0 Å². The Morgan fingerprint density at radius 3 is 2.79 bits per heavy atom. The van der Waals surface area contributed by atoms with Crippen LogP contribution in [-0.2, 0) is 6.54 Å². The molecule has 0 aliphatic carbocycles. The van der Waals surface area contributed by atoms with Gasteiger partial charge >= 0.3 is 0 Å². The van der Waals surface area contributed by atoms with Crippen LogP contribution in [0.2, 0.25) is 5.15 Å². The molecule has 0 radical (unpaired) electrons. The highest BCUT2D eigenvalue weighted by molar-refractivity contribution is 6.29. The molecule has 96 valence electrons. The van der Waals surface area contributed by atoms with Crippen molar-refractivity contribution < 1.29 is 0 Å². The first-order valence-corrected chi connectivity index (χ1v) is 6.40. The Kier molecular flexibility index (Phi) is 3.09. The van der Waals surface area contributed by atoms with Crippen LogP contribution >= 0.6 is 11.6 Å². The number of aromatic nitrogens is 3. The summed E-state index contributed by atoms with van der Waals surface area (Å²) in [6.07, 6.45) is 1.70. The van der Waals surface area contributed by atoms with Crippen LogP contribution in [0.3, 0.4) is 0 Å². The number of aryl methyl sites for hydroxylation is 1. The fourth-order valence-corrected chi connectivity index (χ4v) is 2.10. The normalized spacial score (nSPS) is 10.8. The molecule has 1 N–H and O–H groups in total. The largest absolute Gasteiger partial charge is 0.366 e. The van der Waals surface area contributed by atoms with Gasteiger partial charge in [-0.1, -0.05) is 41.4 Å². The first-order valence-electron chi connectivity index (χ1n) is 6.02. The number of hydrogen-bond donors (Lipinski definition) is 1. The lowest BCUT2D eigenvalue weighted by Gasteiger charge is -2.09. The molecule has 0 aliphatic rings. The van der Waals surface area contributed by atoms with Crippen molar-refractivity contribution >= 4 is 23.1 Å². The van der Waals surface area contributed by atoms with Crippen LogP contribution in [0, 0.1) is 6.92 Å². The smallest absolute Gasteiger partial charge is 0.159 e. The van der Waals surface area contributed by atoms with Crippen LogP contribution in [0.25, 0.3) is 5.65 Å². The van der Waals surface area contributed by atoms with E-state index in [0.717, 1.165) is 18.0 Å². The minimum absolute atomic E-state index is 0.458. The Balaban J connectivity index is 1.85. The molecule has 3 aromatic rings. The highest BCUT2D eigenvalue weighted by Gasteiger charge is 2.04. The van der Waals surface area contributed by atoms with Crippen LogP contribution in [0.15, 0.2) is 42.6 Å². The summed E-state index contributed by atoms with van der Waals surface area (Å²) in [5, 5.41) is 8.00. The van der Waals surface area contributed by atoms with Crippen molar-refractivity contribution in [3.05, 3.63) is 58.9 Å². The molecule has 5 heteroatoms. The summed E-state index contributed by atoms with van der Waals surface area (Å²) in [4.78, 5) is 4.19. The van der Waals surface area contributed by atoms with Gasteiger partial charge in [-0.3, -0.25) is 0 Å². The first kappa shape index (κ1) is 12.0. The molecule has 0 aliphatic heterocycles. The monoisotopic (exact) mass is 272 g/mol. The second-order valence-corrected chi connectivity index (χ2v) is 4.79. The van der Waals surface area contributed by atoms with Gasteiger partial charge in [0.05, 0.1) is 6.20 Å². The average Bonchev–Trinajstić information content (AvgIpc) is 2.85. The van der Waals surface area contributed by atoms with Crippen LogP contribution in [0.1, 0.15) is 11.1 Å². The third kappa shape index (κ3) is 2.53. The number of halogens is 1. The molecule has 2 aromatic heterocycles. The summed E-state index contributed by atoms with van der Waals surface area (Å²) in [5.74, 6) is 0.834. The molecule has 0 bridgehead atoms. The van der Waals surface area contributed by atoms with Crippen molar-refractivity contribution in [3.63, 3.8) is 0 Å². The van der Waals surface area contributed by atoms with Gasteiger partial charge in [0.25, 0.3) is 0 Å². The average molecular weight is 273 g/mol. The van der Waals surface area contributed by atoms with Crippen molar-refractivity contribution in [2.45, 2.75) is 13.5 Å². The third-order valence-corrected chi connectivity index (χ3v) is 3.12. The van der Waals surface area contributed by atoms with Gasteiger partial charge in [0.1, 0.15) is 11.0 Å². The number of hydrogen-bond acceptors (Lipinski definition) is 3. The van der Waals surface area contributed by atoms with E-state index < -0.39 is 0 Å². The molecule has 0 unspecified atom stereocenters. The van der Waals surface area contributed by atoms with E-state index in [9.17, 15) is 0 Å². The summed E-state index contributed by atoms with van der Waals surface area (Å²) >= 11 is 5.99. The van der Waals surface area contributed by atoms with Crippen molar-refractivity contribution in [3.8, 4) is 0 Å². The second-order valence-electron chi connectivity index (χ2n) is 4.40. The Morgan fingerprint density at radius 1 is 1.21 bits per heavy atom. The quantitative estimate of drug-likeness (QED) is 0.744. The van der Waals surface area contributed by atoms with Gasteiger partial charge in [-0.15, -0.1) is 0 Å². The zero-order valence-corrected chi connectivity index (χ0v) is 11.2. The number of nitrogens with zero attached hydrogens (tertiary/aromatic N) is 3. The molecule has 0 amide bonds. The number of rotatable bonds is 3. The highest BCUT2D eigenvalue weighted by Crippen LogP contribution is 2.16. The van der Waals surface area contributed by atoms with Gasteiger partial charge in [-0.05, 0) is 12.5 Å². The predicted octanol–water partition coefficient (Wildman–Crippen LogP) is 3.30. The van der Waals surface area contributed by atoms with Gasteiger partial charge < -0.3 is 5.32 Å².